The Morgan fingerprint density at radius 1 is 1.17 bits per heavy atom. The van der Waals surface area contributed by atoms with Crippen LogP contribution in [-0.4, -0.2) is 7.11 Å². The standard InChI is InChI=1S/C13H11Cl3O2/c1-7-3-8(6-18-7)13(16)9-4-11(15)12(17-2)5-10(9)14/h3-6,13H,1-2H3. The van der Waals surface area contributed by atoms with Crippen molar-refractivity contribution in [3.63, 3.8) is 0 Å². The highest BCUT2D eigenvalue weighted by Gasteiger charge is 2.18. The second-order valence-corrected chi connectivity index (χ2v) is 5.11. The molecule has 2 rings (SSSR count). The van der Waals surface area contributed by atoms with Crippen molar-refractivity contribution in [2.45, 2.75) is 12.3 Å². The van der Waals surface area contributed by atoms with E-state index in [1.807, 2.05) is 13.0 Å². The molecular formula is C13H11Cl3O2. The lowest BCUT2D eigenvalue weighted by molar-refractivity contribution is 0.415. The third kappa shape index (κ3) is 2.61. The monoisotopic (exact) mass is 304 g/mol. The normalized spacial score (nSPS) is 12.5. The van der Waals surface area contributed by atoms with Crippen molar-refractivity contribution in [2.24, 2.45) is 0 Å². The summed E-state index contributed by atoms with van der Waals surface area (Å²) in [6.45, 7) is 1.86. The van der Waals surface area contributed by atoms with Crippen LogP contribution in [0, 0.1) is 6.92 Å². The number of halogens is 3. The van der Waals surface area contributed by atoms with Gasteiger partial charge in [-0.15, -0.1) is 11.6 Å². The summed E-state index contributed by atoms with van der Waals surface area (Å²) in [6.07, 6.45) is 1.61. The van der Waals surface area contributed by atoms with E-state index >= 15 is 0 Å². The van der Waals surface area contributed by atoms with Gasteiger partial charge in [-0.05, 0) is 24.6 Å². The van der Waals surface area contributed by atoms with E-state index in [1.165, 1.54) is 7.11 Å². The quantitative estimate of drug-likeness (QED) is 0.724. The molecule has 0 spiro atoms. The van der Waals surface area contributed by atoms with Crippen molar-refractivity contribution >= 4 is 34.8 Å². The summed E-state index contributed by atoms with van der Waals surface area (Å²) in [7, 11) is 1.54. The number of benzene rings is 1. The minimum absolute atomic E-state index is 0.404. The summed E-state index contributed by atoms with van der Waals surface area (Å²) in [6, 6.07) is 5.23. The summed E-state index contributed by atoms with van der Waals surface area (Å²) in [5.41, 5.74) is 1.57. The van der Waals surface area contributed by atoms with E-state index in [4.69, 9.17) is 44.0 Å². The van der Waals surface area contributed by atoms with Gasteiger partial charge in [0.25, 0.3) is 0 Å². The molecule has 1 unspecified atom stereocenters. The number of methoxy groups -OCH3 is 1. The molecular weight excluding hydrogens is 294 g/mol. The molecule has 1 heterocycles. The Hall–Kier alpha value is -0.830. The molecule has 18 heavy (non-hydrogen) atoms. The van der Waals surface area contributed by atoms with Gasteiger partial charge < -0.3 is 9.15 Å². The summed E-state index contributed by atoms with van der Waals surface area (Å²) in [5.74, 6) is 1.32. The molecule has 0 aliphatic heterocycles. The lowest BCUT2D eigenvalue weighted by Crippen LogP contribution is -1.94. The van der Waals surface area contributed by atoms with E-state index < -0.39 is 5.38 Å². The molecule has 1 aromatic carbocycles. The highest BCUT2D eigenvalue weighted by Crippen LogP contribution is 2.39. The zero-order valence-corrected chi connectivity index (χ0v) is 12.1. The van der Waals surface area contributed by atoms with Gasteiger partial charge in [-0.3, -0.25) is 0 Å². The Morgan fingerprint density at radius 2 is 1.89 bits per heavy atom. The molecule has 0 saturated heterocycles. The van der Waals surface area contributed by atoms with Gasteiger partial charge in [0.15, 0.2) is 0 Å². The van der Waals surface area contributed by atoms with Crippen LogP contribution in [0.2, 0.25) is 10.0 Å². The van der Waals surface area contributed by atoms with Gasteiger partial charge >= 0.3 is 0 Å². The predicted octanol–water partition coefficient (Wildman–Crippen LogP) is 5.23. The van der Waals surface area contributed by atoms with E-state index in [0.29, 0.717) is 15.8 Å². The van der Waals surface area contributed by atoms with Crippen molar-refractivity contribution in [2.75, 3.05) is 7.11 Å². The van der Waals surface area contributed by atoms with E-state index in [-0.39, 0.29) is 0 Å². The maximum absolute atomic E-state index is 6.37. The molecule has 96 valence electrons. The van der Waals surface area contributed by atoms with Crippen LogP contribution in [0.3, 0.4) is 0 Å². The number of alkyl halides is 1. The van der Waals surface area contributed by atoms with Gasteiger partial charge in [-0.2, -0.15) is 0 Å². The number of rotatable bonds is 3. The first-order valence-corrected chi connectivity index (χ1v) is 6.44. The number of aryl methyl sites for hydroxylation is 1. The fraction of sp³-hybridized carbons (Fsp3) is 0.231. The summed E-state index contributed by atoms with van der Waals surface area (Å²) in [5, 5.41) is 0.580. The van der Waals surface area contributed by atoms with Crippen LogP contribution < -0.4 is 4.74 Å². The van der Waals surface area contributed by atoms with Gasteiger partial charge in [-0.25, -0.2) is 0 Å². The molecule has 0 bridgehead atoms. The smallest absolute Gasteiger partial charge is 0.138 e. The number of ether oxygens (including phenoxy) is 1. The van der Waals surface area contributed by atoms with Crippen LogP contribution in [0.4, 0.5) is 0 Å². The highest BCUT2D eigenvalue weighted by molar-refractivity contribution is 6.36. The first kappa shape index (κ1) is 13.6. The Balaban J connectivity index is 2.42. The molecule has 0 fully saturated rings. The Bertz CT molecular complexity index is 563. The lowest BCUT2D eigenvalue weighted by Gasteiger charge is -2.12. The van der Waals surface area contributed by atoms with Crippen molar-refractivity contribution < 1.29 is 9.15 Å². The molecule has 1 atom stereocenters. The van der Waals surface area contributed by atoms with Crippen molar-refractivity contribution in [3.05, 3.63) is 51.4 Å². The number of furan rings is 1. The average molecular weight is 306 g/mol. The Kier molecular flexibility index (Phi) is 4.10. The highest BCUT2D eigenvalue weighted by atomic mass is 35.5. The maximum Gasteiger partial charge on any atom is 0.138 e. The predicted molar refractivity (Wildman–Crippen MR) is 74.2 cm³/mol. The first-order chi connectivity index (χ1) is 8.52. The Labute approximate surface area is 120 Å². The topological polar surface area (TPSA) is 22.4 Å². The molecule has 2 aromatic rings. The minimum Gasteiger partial charge on any atom is -0.495 e. The van der Waals surface area contributed by atoms with Gasteiger partial charge in [0.1, 0.15) is 11.5 Å². The van der Waals surface area contributed by atoms with E-state index in [9.17, 15) is 0 Å². The number of hydrogen-bond acceptors (Lipinski definition) is 2. The van der Waals surface area contributed by atoms with Crippen LogP contribution >= 0.6 is 34.8 Å². The molecule has 0 aliphatic carbocycles. The van der Waals surface area contributed by atoms with Crippen LogP contribution in [-0.2, 0) is 0 Å². The lowest BCUT2D eigenvalue weighted by atomic mass is 10.1. The fourth-order valence-corrected chi connectivity index (χ4v) is 2.53. The average Bonchev–Trinajstić information content (AvgIpc) is 2.77. The molecule has 2 nitrogen and oxygen atoms in total. The maximum atomic E-state index is 6.37. The third-order valence-electron chi connectivity index (χ3n) is 2.59. The van der Waals surface area contributed by atoms with E-state index in [2.05, 4.69) is 0 Å². The zero-order chi connectivity index (χ0) is 13.3. The van der Waals surface area contributed by atoms with Crippen molar-refractivity contribution in [1.29, 1.82) is 0 Å². The number of hydrogen-bond donors (Lipinski definition) is 0. The van der Waals surface area contributed by atoms with Gasteiger partial charge in [0.05, 0.1) is 23.8 Å². The third-order valence-corrected chi connectivity index (χ3v) is 3.70. The van der Waals surface area contributed by atoms with Crippen LogP contribution in [0.15, 0.2) is 28.9 Å². The molecule has 0 radical (unpaired) electrons. The second kappa shape index (κ2) is 5.43. The van der Waals surface area contributed by atoms with Crippen LogP contribution in [0.25, 0.3) is 0 Å². The van der Waals surface area contributed by atoms with E-state index in [1.54, 1.807) is 18.4 Å². The molecule has 0 N–H and O–H groups in total. The minimum atomic E-state index is -0.404. The molecule has 0 aliphatic rings. The fourth-order valence-electron chi connectivity index (χ4n) is 1.67. The molecule has 0 amide bonds. The van der Waals surface area contributed by atoms with Gasteiger partial charge in [-0.1, -0.05) is 23.2 Å². The van der Waals surface area contributed by atoms with Gasteiger partial charge in [0, 0.05) is 16.7 Å². The van der Waals surface area contributed by atoms with Crippen LogP contribution in [0.1, 0.15) is 22.3 Å². The molecule has 0 saturated carbocycles. The zero-order valence-electron chi connectivity index (χ0n) is 9.84. The Morgan fingerprint density at radius 3 is 2.44 bits per heavy atom. The second-order valence-electron chi connectivity index (χ2n) is 3.86. The largest absolute Gasteiger partial charge is 0.495 e. The van der Waals surface area contributed by atoms with Gasteiger partial charge in [0.2, 0.25) is 0 Å². The SMILES string of the molecule is COc1cc(Cl)c(C(Cl)c2coc(C)c2)cc1Cl. The summed E-state index contributed by atoms with van der Waals surface area (Å²) in [4.78, 5) is 0. The summed E-state index contributed by atoms with van der Waals surface area (Å²) < 4.78 is 10.3. The first-order valence-electron chi connectivity index (χ1n) is 5.25. The van der Waals surface area contributed by atoms with Crippen LogP contribution in [0.5, 0.6) is 5.75 Å². The van der Waals surface area contributed by atoms with E-state index in [0.717, 1.165) is 16.9 Å². The molecule has 1 aromatic heterocycles. The van der Waals surface area contributed by atoms with Crippen molar-refractivity contribution in [1.82, 2.24) is 0 Å². The summed E-state index contributed by atoms with van der Waals surface area (Å²) >= 11 is 18.6. The van der Waals surface area contributed by atoms with Crippen molar-refractivity contribution in [3.8, 4) is 5.75 Å². The molecule has 5 heteroatoms.